The van der Waals surface area contributed by atoms with Gasteiger partial charge in [-0.2, -0.15) is 12.6 Å². The monoisotopic (exact) mass is 207 g/mol. The molecule has 1 aromatic carbocycles. The number of hydrogen-bond donors (Lipinski definition) is 2. The fourth-order valence-corrected chi connectivity index (χ4v) is 1.93. The second-order valence-electron chi connectivity index (χ2n) is 3.54. The summed E-state index contributed by atoms with van der Waals surface area (Å²) < 4.78 is 0. The van der Waals surface area contributed by atoms with Crippen molar-refractivity contribution in [3.05, 3.63) is 29.3 Å². The summed E-state index contributed by atoms with van der Waals surface area (Å²) in [5, 5.41) is 2.81. The van der Waals surface area contributed by atoms with Crippen LogP contribution in [0.3, 0.4) is 0 Å². The molecule has 0 spiro atoms. The number of nitrogens with one attached hydrogen (secondary N) is 1. The Bertz CT molecular complexity index is 362. The molecule has 0 unspecified atom stereocenters. The van der Waals surface area contributed by atoms with E-state index in [2.05, 4.69) is 30.1 Å². The van der Waals surface area contributed by atoms with Crippen LogP contribution < -0.4 is 5.32 Å². The maximum Gasteiger partial charge on any atom is 0.234 e. The molecule has 3 heteroatoms. The summed E-state index contributed by atoms with van der Waals surface area (Å²) in [7, 11) is 0. The van der Waals surface area contributed by atoms with E-state index in [-0.39, 0.29) is 11.7 Å². The van der Waals surface area contributed by atoms with Crippen LogP contribution in [0.25, 0.3) is 0 Å². The molecule has 14 heavy (non-hydrogen) atoms. The summed E-state index contributed by atoms with van der Waals surface area (Å²) in [6.07, 6.45) is 3.55. The first-order chi connectivity index (χ1) is 6.79. The minimum absolute atomic E-state index is 0.0497. The lowest BCUT2D eigenvalue weighted by Gasteiger charge is -2.05. The molecular formula is C11H13NOS. The van der Waals surface area contributed by atoms with Crippen LogP contribution in [0.5, 0.6) is 0 Å². The fraction of sp³-hybridized carbons (Fsp3) is 0.364. The zero-order valence-electron chi connectivity index (χ0n) is 7.92. The van der Waals surface area contributed by atoms with Crippen LogP contribution in [0.2, 0.25) is 0 Å². The third kappa shape index (κ3) is 1.93. The van der Waals surface area contributed by atoms with Crippen molar-refractivity contribution in [2.75, 3.05) is 11.1 Å². The van der Waals surface area contributed by atoms with Crippen LogP contribution in [0.4, 0.5) is 5.69 Å². The molecular weight excluding hydrogens is 194 g/mol. The number of fused-ring (bicyclic) bond motifs is 1. The molecule has 0 aromatic heterocycles. The maximum atomic E-state index is 11.1. The van der Waals surface area contributed by atoms with Crippen molar-refractivity contribution in [3.63, 3.8) is 0 Å². The Labute approximate surface area is 89.1 Å². The van der Waals surface area contributed by atoms with Crippen molar-refractivity contribution in [1.29, 1.82) is 0 Å². The highest BCUT2D eigenvalue weighted by Gasteiger charge is 2.11. The number of rotatable bonds is 2. The number of benzene rings is 1. The van der Waals surface area contributed by atoms with Gasteiger partial charge in [-0.3, -0.25) is 4.79 Å². The van der Waals surface area contributed by atoms with Gasteiger partial charge < -0.3 is 5.32 Å². The van der Waals surface area contributed by atoms with Crippen molar-refractivity contribution >= 4 is 24.2 Å². The van der Waals surface area contributed by atoms with Crippen LogP contribution >= 0.6 is 12.6 Å². The number of carbonyl (C=O) groups excluding carboxylic acids is 1. The van der Waals surface area contributed by atoms with Gasteiger partial charge in [0.25, 0.3) is 0 Å². The molecule has 0 bridgehead atoms. The molecule has 1 amide bonds. The average molecular weight is 207 g/mol. The van der Waals surface area contributed by atoms with Gasteiger partial charge in [0, 0.05) is 5.69 Å². The van der Waals surface area contributed by atoms with Gasteiger partial charge in [0.15, 0.2) is 0 Å². The van der Waals surface area contributed by atoms with Gasteiger partial charge in [-0.25, -0.2) is 0 Å². The predicted molar refractivity (Wildman–Crippen MR) is 60.9 cm³/mol. The molecule has 1 aliphatic carbocycles. The van der Waals surface area contributed by atoms with Crippen molar-refractivity contribution in [1.82, 2.24) is 0 Å². The molecule has 74 valence electrons. The highest BCUT2D eigenvalue weighted by Crippen LogP contribution is 2.24. The molecule has 0 aliphatic heterocycles. The number of aryl methyl sites for hydroxylation is 2. The lowest BCUT2D eigenvalue weighted by Crippen LogP contribution is -2.12. The van der Waals surface area contributed by atoms with Gasteiger partial charge >= 0.3 is 0 Å². The first-order valence-electron chi connectivity index (χ1n) is 4.82. The fourth-order valence-electron chi connectivity index (χ4n) is 1.85. The summed E-state index contributed by atoms with van der Waals surface area (Å²) in [4.78, 5) is 11.1. The minimum Gasteiger partial charge on any atom is -0.325 e. The second-order valence-corrected chi connectivity index (χ2v) is 3.86. The zero-order valence-corrected chi connectivity index (χ0v) is 8.81. The number of amides is 1. The Balaban J connectivity index is 2.16. The van der Waals surface area contributed by atoms with E-state index in [0.717, 1.165) is 12.1 Å². The number of thiol groups is 1. The Morgan fingerprint density at radius 2 is 2.14 bits per heavy atom. The average Bonchev–Trinajstić information content (AvgIpc) is 2.64. The molecule has 0 radical (unpaired) electrons. The third-order valence-corrected chi connectivity index (χ3v) is 2.81. The summed E-state index contributed by atoms with van der Waals surface area (Å²) in [6.45, 7) is 0. The number of anilines is 1. The van der Waals surface area contributed by atoms with Gasteiger partial charge in [-0.15, -0.1) is 0 Å². The van der Waals surface area contributed by atoms with Crippen molar-refractivity contribution in [2.24, 2.45) is 0 Å². The first-order valence-corrected chi connectivity index (χ1v) is 5.45. The molecule has 1 aliphatic rings. The first kappa shape index (κ1) is 9.59. The highest BCUT2D eigenvalue weighted by molar-refractivity contribution is 7.81. The van der Waals surface area contributed by atoms with Gasteiger partial charge in [-0.05, 0) is 42.5 Å². The molecule has 0 saturated heterocycles. The summed E-state index contributed by atoms with van der Waals surface area (Å²) >= 11 is 3.92. The largest absolute Gasteiger partial charge is 0.325 e. The standard InChI is InChI=1S/C11H13NOS/c13-11(7-14)12-10-5-4-8-2-1-3-9(8)6-10/h4-6,14H,1-3,7H2,(H,12,13). The molecule has 0 fully saturated rings. The Morgan fingerprint density at radius 1 is 1.36 bits per heavy atom. The van der Waals surface area contributed by atoms with Crippen molar-refractivity contribution in [2.45, 2.75) is 19.3 Å². The summed E-state index contributed by atoms with van der Waals surface area (Å²) in [5.74, 6) is 0.183. The van der Waals surface area contributed by atoms with Gasteiger partial charge in [0.2, 0.25) is 5.91 Å². The minimum atomic E-state index is -0.0497. The lowest BCUT2D eigenvalue weighted by molar-refractivity contribution is -0.113. The molecule has 2 nitrogen and oxygen atoms in total. The van der Waals surface area contributed by atoms with Gasteiger partial charge in [-0.1, -0.05) is 6.07 Å². The summed E-state index contributed by atoms with van der Waals surface area (Å²) in [5.41, 5.74) is 3.69. The van der Waals surface area contributed by atoms with E-state index in [1.165, 1.54) is 24.0 Å². The van der Waals surface area contributed by atoms with Crippen molar-refractivity contribution in [3.8, 4) is 0 Å². The summed E-state index contributed by atoms with van der Waals surface area (Å²) in [6, 6.07) is 6.14. The third-order valence-electron chi connectivity index (χ3n) is 2.53. The van der Waals surface area contributed by atoms with E-state index in [0.29, 0.717) is 0 Å². The molecule has 1 aromatic rings. The van der Waals surface area contributed by atoms with Crippen LogP contribution in [0, 0.1) is 0 Å². The van der Waals surface area contributed by atoms with Crippen LogP contribution in [-0.2, 0) is 17.6 Å². The molecule has 0 saturated carbocycles. The van der Waals surface area contributed by atoms with E-state index in [9.17, 15) is 4.79 Å². The van der Waals surface area contributed by atoms with E-state index >= 15 is 0 Å². The van der Waals surface area contributed by atoms with E-state index in [1.807, 2.05) is 6.07 Å². The smallest absolute Gasteiger partial charge is 0.234 e. The van der Waals surface area contributed by atoms with E-state index in [1.54, 1.807) is 0 Å². The Morgan fingerprint density at radius 3 is 2.93 bits per heavy atom. The molecule has 0 heterocycles. The van der Waals surface area contributed by atoms with Gasteiger partial charge in [0.1, 0.15) is 0 Å². The van der Waals surface area contributed by atoms with Crippen LogP contribution in [-0.4, -0.2) is 11.7 Å². The van der Waals surface area contributed by atoms with Gasteiger partial charge in [0.05, 0.1) is 5.75 Å². The lowest BCUT2D eigenvalue weighted by atomic mass is 10.1. The van der Waals surface area contributed by atoms with Crippen molar-refractivity contribution < 1.29 is 4.79 Å². The SMILES string of the molecule is O=C(CS)Nc1ccc2c(c1)CCC2. The highest BCUT2D eigenvalue weighted by atomic mass is 32.1. The molecule has 2 rings (SSSR count). The zero-order chi connectivity index (χ0) is 9.97. The quantitative estimate of drug-likeness (QED) is 0.714. The van der Waals surface area contributed by atoms with E-state index in [4.69, 9.17) is 0 Å². The Kier molecular flexibility index (Phi) is 2.77. The maximum absolute atomic E-state index is 11.1. The predicted octanol–water partition coefficient (Wildman–Crippen LogP) is 2.04. The number of carbonyl (C=O) groups is 1. The molecule has 1 N–H and O–H groups in total. The van der Waals surface area contributed by atoms with Crippen LogP contribution in [0.15, 0.2) is 18.2 Å². The van der Waals surface area contributed by atoms with E-state index < -0.39 is 0 Å². The number of hydrogen-bond acceptors (Lipinski definition) is 2. The molecule has 0 atom stereocenters. The van der Waals surface area contributed by atoms with Crippen LogP contribution in [0.1, 0.15) is 17.5 Å². The Hall–Kier alpha value is -0.960. The second kappa shape index (κ2) is 4.05. The normalized spacial score (nSPS) is 13.8. The topological polar surface area (TPSA) is 29.1 Å².